The summed E-state index contributed by atoms with van der Waals surface area (Å²) in [6.45, 7) is 0. The van der Waals surface area contributed by atoms with Crippen molar-refractivity contribution >= 4 is 17.6 Å². The van der Waals surface area contributed by atoms with Crippen molar-refractivity contribution in [1.29, 1.82) is 0 Å². The largest absolute Gasteiger partial charge is 0.505 e. The number of aromatic nitrogens is 2. The number of carbonyl (C=O) groups is 2. The molecule has 0 spiro atoms. The van der Waals surface area contributed by atoms with Crippen LogP contribution >= 0.6 is 0 Å². The minimum absolute atomic E-state index is 0.0451. The summed E-state index contributed by atoms with van der Waals surface area (Å²) < 4.78 is 0. The number of nitrogens with zero attached hydrogens (tertiary/aromatic N) is 2. The summed E-state index contributed by atoms with van der Waals surface area (Å²) >= 11 is 0. The molecule has 7 heteroatoms. The maximum atomic E-state index is 11.8. The normalized spacial score (nSPS) is 9.89. The summed E-state index contributed by atoms with van der Waals surface area (Å²) in [6.07, 6.45) is 3.78. The summed E-state index contributed by atoms with van der Waals surface area (Å²) in [5, 5.41) is 20.7. The molecule has 0 aromatic carbocycles. The van der Waals surface area contributed by atoms with Crippen LogP contribution in [0.4, 0.5) is 5.69 Å². The third-order valence-electron chi connectivity index (χ3n) is 2.28. The highest BCUT2D eigenvalue weighted by Crippen LogP contribution is 2.16. The Bertz CT molecular complexity index is 642. The number of hydrogen-bond donors (Lipinski definition) is 3. The van der Waals surface area contributed by atoms with Gasteiger partial charge in [0.25, 0.3) is 5.91 Å². The molecule has 0 aliphatic heterocycles. The minimum Gasteiger partial charge on any atom is -0.505 e. The highest BCUT2D eigenvalue weighted by Gasteiger charge is 2.12. The van der Waals surface area contributed by atoms with Crippen molar-refractivity contribution in [2.75, 3.05) is 5.32 Å². The molecular formula is C12H9N3O4. The molecule has 1 amide bonds. The Morgan fingerprint density at radius 1 is 1.21 bits per heavy atom. The van der Waals surface area contributed by atoms with Crippen LogP contribution in [0.25, 0.3) is 0 Å². The van der Waals surface area contributed by atoms with Gasteiger partial charge in [0.1, 0.15) is 11.4 Å². The average molecular weight is 259 g/mol. The topological polar surface area (TPSA) is 112 Å². The zero-order chi connectivity index (χ0) is 13.8. The fourth-order valence-corrected chi connectivity index (χ4v) is 1.40. The van der Waals surface area contributed by atoms with Crippen molar-refractivity contribution in [1.82, 2.24) is 9.97 Å². The second-order valence-corrected chi connectivity index (χ2v) is 3.58. The highest BCUT2D eigenvalue weighted by molar-refractivity contribution is 6.06. The average Bonchev–Trinajstić information content (AvgIpc) is 2.39. The molecule has 7 nitrogen and oxygen atoms in total. The summed E-state index contributed by atoms with van der Waals surface area (Å²) in [5.74, 6) is -2.02. The number of aromatic hydroxyl groups is 1. The molecule has 0 bridgehead atoms. The van der Waals surface area contributed by atoms with Crippen molar-refractivity contribution in [3.63, 3.8) is 0 Å². The predicted octanol–water partition coefficient (Wildman–Crippen LogP) is 1.13. The molecule has 2 rings (SSSR count). The van der Waals surface area contributed by atoms with E-state index in [4.69, 9.17) is 5.11 Å². The van der Waals surface area contributed by atoms with Crippen LogP contribution in [0.3, 0.4) is 0 Å². The first-order valence-corrected chi connectivity index (χ1v) is 5.21. The maximum Gasteiger partial charge on any atom is 0.354 e. The van der Waals surface area contributed by atoms with Crippen LogP contribution in [0, 0.1) is 0 Å². The molecule has 0 atom stereocenters. The molecule has 0 aliphatic rings. The van der Waals surface area contributed by atoms with E-state index in [1.807, 2.05) is 0 Å². The Hall–Kier alpha value is -2.96. The number of carbonyl (C=O) groups excluding carboxylic acids is 1. The summed E-state index contributed by atoms with van der Waals surface area (Å²) in [6, 6.07) is 4.02. The first kappa shape index (κ1) is 12.5. The molecule has 2 aromatic heterocycles. The number of rotatable bonds is 3. The molecular weight excluding hydrogens is 250 g/mol. The van der Waals surface area contributed by atoms with Gasteiger partial charge in [-0.2, -0.15) is 0 Å². The number of carboxylic acid groups (broad SMARTS) is 1. The molecule has 0 fully saturated rings. The lowest BCUT2D eigenvalue weighted by molar-refractivity contribution is 0.0690. The van der Waals surface area contributed by atoms with Crippen LogP contribution in [0.2, 0.25) is 0 Å². The van der Waals surface area contributed by atoms with Crippen LogP contribution in [0.5, 0.6) is 5.75 Å². The number of pyridine rings is 2. The van der Waals surface area contributed by atoms with Crippen LogP contribution < -0.4 is 5.32 Å². The standard InChI is InChI=1S/C12H9N3O4/c16-10-6-13-3-2-8(10)11(17)15-7-1-4-14-9(5-7)12(18)19/h1-6,16H,(H,18,19)(H,14,15,17). The van der Waals surface area contributed by atoms with Gasteiger partial charge in [0, 0.05) is 18.1 Å². The molecule has 19 heavy (non-hydrogen) atoms. The van der Waals surface area contributed by atoms with E-state index < -0.39 is 11.9 Å². The zero-order valence-electron chi connectivity index (χ0n) is 9.57. The van der Waals surface area contributed by atoms with Crippen molar-refractivity contribution in [3.8, 4) is 5.75 Å². The van der Waals surface area contributed by atoms with Gasteiger partial charge in [0.2, 0.25) is 0 Å². The number of nitrogens with one attached hydrogen (secondary N) is 1. The molecule has 0 saturated heterocycles. The number of aromatic carboxylic acids is 1. The van der Waals surface area contributed by atoms with Gasteiger partial charge in [-0.15, -0.1) is 0 Å². The van der Waals surface area contributed by atoms with E-state index in [2.05, 4.69) is 15.3 Å². The van der Waals surface area contributed by atoms with E-state index in [1.165, 1.54) is 30.6 Å². The van der Waals surface area contributed by atoms with Crippen molar-refractivity contribution in [2.24, 2.45) is 0 Å². The molecule has 96 valence electrons. The monoisotopic (exact) mass is 259 g/mol. The molecule has 3 N–H and O–H groups in total. The van der Waals surface area contributed by atoms with Crippen LogP contribution in [-0.2, 0) is 0 Å². The van der Waals surface area contributed by atoms with E-state index in [-0.39, 0.29) is 22.7 Å². The second-order valence-electron chi connectivity index (χ2n) is 3.58. The lowest BCUT2D eigenvalue weighted by Crippen LogP contribution is -2.13. The summed E-state index contributed by atoms with van der Waals surface area (Å²) in [7, 11) is 0. The number of amides is 1. The van der Waals surface area contributed by atoms with E-state index in [0.717, 1.165) is 6.20 Å². The fraction of sp³-hybridized carbons (Fsp3) is 0. The van der Waals surface area contributed by atoms with E-state index in [1.54, 1.807) is 0 Å². The Kier molecular flexibility index (Phi) is 3.37. The van der Waals surface area contributed by atoms with Gasteiger partial charge in [0.15, 0.2) is 0 Å². The van der Waals surface area contributed by atoms with Crippen LogP contribution in [-0.4, -0.2) is 32.1 Å². The van der Waals surface area contributed by atoms with Gasteiger partial charge in [-0.05, 0) is 18.2 Å². The molecule has 2 heterocycles. The Balaban J connectivity index is 2.22. The Morgan fingerprint density at radius 2 is 2.00 bits per heavy atom. The van der Waals surface area contributed by atoms with Gasteiger partial charge in [-0.25, -0.2) is 9.78 Å². The van der Waals surface area contributed by atoms with Crippen LogP contribution in [0.15, 0.2) is 36.8 Å². The zero-order valence-corrected chi connectivity index (χ0v) is 9.57. The van der Waals surface area contributed by atoms with Crippen molar-refractivity contribution in [2.45, 2.75) is 0 Å². The van der Waals surface area contributed by atoms with E-state index in [0.29, 0.717) is 0 Å². The second kappa shape index (κ2) is 5.13. The van der Waals surface area contributed by atoms with Gasteiger partial charge < -0.3 is 15.5 Å². The Morgan fingerprint density at radius 3 is 2.68 bits per heavy atom. The number of anilines is 1. The lowest BCUT2D eigenvalue weighted by atomic mass is 10.2. The SMILES string of the molecule is O=C(O)c1cc(NC(=O)c2ccncc2O)ccn1. The van der Waals surface area contributed by atoms with Gasteiger partial charge in [-0.3, -0.25) is 9.78 Å². The molecule has 0 unspecified atom stereocenters. The van der Waals surface area contributed by atoms with Crippen molar-refractivity contribution < 1.29 is 19.8 Å². The highest BCUT2D eigenvalue weighted by atomic mass is 16.4. The summed E-state index contributed by atoms with van der Waals surface area (Å²) in [5.41, 5.74) is 0.133. The third-order valence-corrected chi connectivity index (χ3v) is 2.28. The smallest absolute Gasteiger partial charge is 0.354 e. The fourth-order valence-electron chi connectivity index (χ4n) is 1.40. The Labute approximate surface area is 107 Å². The molecule has 0 radical (unpaired) electrons. The maximum absolute atomic E-state index is 11.8. The third kappa shape index (κ3) is 2.83. The first-order valence-electron chi connectivity index (χ1n) is 5.21. The van der Waals surface area contributed by atoms with Gasteiger partial charge >= 0.3 is 5.97 Å². The summed E-state index contributed by atoms with van der Waals surface area (Å²) in [4.78, 5) is 29.9. The molecule has 0 aliphatic carbocycles. The van der Waals surface area contributed by atoms with Crippen molar-refractivity contribution in [3.05, 3.63) is 48.0 Å². The number of hydrogen-bond acceptors (Lipinski definition) is 5. The van der Waals surface area contributed by atoms with Gasteiger partial charge in [-0.1, -0.05) is 0 Å². The first-order chi connectivity index (χ1) is 9.08. The predicted molar refractivity (Wildman–Crippen MR) is 65.1 cm³/mol. The van der Waals surface area contributed by atoms with Crippen LogP contribution in [0.1, 0.15) is 20.8 Å². The quantitative estimate of drug-likeness (QED) is 0.761. The molecule has 0 saturated carbocycles. The molecule has 2 aromatic rings. The van der Waals surface area contributed by atoms with Gasteiger partial charge in [0.05, 0.1) is 11.8 Å². The van der Waals surface area contributed by atoms with E-state index in [9.17, 15) is 14.7 Å². The number of carboxylic acids is 1. The van der Waals surface area contributed by atoms with E-state index >= 15 is 0 Å². The minimum atomic E-state index is -1.19. The lowest BCUT2D eigenvalue weighted by Gasteiger charge is -2.06.